The minimum absolute atomic E-state index is 0.347. The van der Waals surface area contributed by atoms with Gasteiger partial charge >= 0.3 is 6.09 Å². The first kappa shape index (κ1) is 28.3. The highest BCUT2D eigenvalue weighted by Crippen LogP contribution is 2.12. The quantitative estimate of drug-likeness (QED) is 0.141. The van der Waals surface area contributed by atoms with E-state index in [1.165, 1.54) is 64.2 Å². The molecule has 0 fully saturated rings. The summed E-state index contributed by atoms with van der Waals surface area (Å²) in [7, 11) is 0. The van der Waals surface area contributed by atoms with E-state index < -0.39 is 23.8 Å². The van der Waals surface area contributed by atoms with Crippen molar-refractivity contribution in [3.63, 3.8) is 0 Å². The molecule has 6 heteroatoms. The Morgan fingerprint density at radius 3 is 1.90 bits per heavy atom. The van der Waals surface area contributed by atoms with Gasteiger partial charge < -0.3 is 20.3 Å². The molecule has 5 nitrogen and oxygen atoms in total. The predicted molar refractivity (Wildman–Crippen MR) is 125 cm³/mol. The van der Waals surface area contributed by atoms with Gasteiger partial charge in [0.25, 0.3) is 0 Å². The number of thiol groups is 1. The Bertz CT molecular complexity index is 424. The van der Waals surface area contributed by atoms with Gasteiger partial charge in [0.2, 0.25) is 0 Å². The smallest absolute Gasteiger partial charge is 0.408 e. The molecule has 3 N–H and O–H groups in total. The summed E-state index contributed by atoms with van der Waals surface area (Å²) in [5, 5.41) is 22.0. The summed E-state index contributed by atoms with van der Waals surface area (Å²) in [4.78, 5) is 11.8. The lowest BCUT2D eigenvalue weighted by atomic mass is 10.0. The molecule has 0 aromatic rings. The molecule has 0 aliphatic heterocycles. The first-order valence-corrected chi connectivity index (χ1v) is 12.0. The van der Waals surface area contributed by atoms with Gasteiger partial charge in [0.05, 0.1) is 18.8 Å². The third-order valence-electron chi connectivity index (χ3n) is 4.67. The van der Waals surface area contributed by atoms with Crippen molar-refractivity contribution < 1.29 is 19.7 Å². The van der Waals surface area contributed by atoms with Crippen LogP contribution in [0.4, 0.5) is 4.79 Å². The fourth-order valence-electron chi connectivity index (χ4n) is 3.03. The zero-order valence-electron chi connectivity index (χ0n) is 18.9. The fourth-order valence-corrected chi connectivity index (χ4v) is 3.26. The van der Waals surface area contributed by atoms with Gasteiger partial charge in [-0.15, -0.1) is 0 Å². The average molecular weight is 432 g/mol. The standard InChI is InChI=1S/C23H45NO4S/c1-23(2,3)28-22(27)24-20(19-25)21(26)17-15-13-11-9-7-5-4-6-8-10-12-14-16-18-29/h15,17,20-21,25-26,29H,4-14,16,18-19H2,1-3H3,(H,24,27)/b17-15+/t20-,21+/m0/s1. The Morgan fingerprint density at radius 1 is 0.966 bits per heavy atom. The summed E-state index contributed by atoms with van der Waals surface area (Å²) < 4.78 is 5.15. The predicted octanol–water partition coefficient (Wildman–Crippen LogP) is 5.40. The van der Waals surface area contributed by atoms with Gasteiger partial charge in [-0.25, -0.2) is 4.79 Å². The summed E-state index contributed by atoms with van der Waals surface area (Å²) in [6, 6.07) is -0.765. The first-order valence-electron chi connectivity index (χ1n) is 11.4. The summed E-state index contributed by atoms with van der Waals surface area (Å²) in [5.41, 5.74) is -0.614. The number of ether oxygens (including phenoxy) is 1. The lowest BCUT2D eigenvalue weighted by Crippen LogP contribution is -2.47. The van der Waals surface area contributed by atoms with E-state index >= 15 is 0 Å². The number of carbonyl (C=O) groups excluding carboxylic acids is 1. The molecule has 0 heterocycles. The van der Waals surface area contributed by atoms with E-state index in [-0.39, 0.29) is 6.61 Å². The number of aliphatic hydroxyl groups is 2. The molecule has 0 aliphatic rings. The van der Waals surface area contributed by atoms with Gasteiger partial charge in [-0.3, -0.25) is 0 Å². The maximum Gasteiger partial charge on any atom is 0.408 e. The van der Waals surface area contributed by atoms with Crippen LogP contribution in [0.3, 0.4) is 0 Å². The van der Waals surface area contributed by atoms with Gasteiger partial charge in [-0.1, -0.05) is 69.9 Å². The van der Waals surface area contributed by atoms with Crippen LogP contribution in [0.5, 0.6) is 0 Å². The van der Waals surface area contributed by atoms with E-state index in [4.69, 9.17) is 4.74 Å². The van der Waals surface area contributed by atoms with Crippen molar-refractivity contribution in [2.45, 2.75) is 116 Å². The number of alkyl carbamates (subject to hydrolysis) is 1. The molecular weight excluding hydrogens is 386 g/mol. The Balaban J connectivity index is 3.70. The minimum atomic E-state index is -0.930. The van der Waals surface area contributed by atoms with E-state index in [1.807, 2.05) is 6.08 Å². The monoisotopic (exact) mass is 431 g/mol. The van der Waals surface area contributed by atoms with E-state index in [0.717, 1.165) is 18.6 Å². The number of amides is 1. The van der Waals surface area contributed by atoms with Crippen LogP contribution in [0.2, 0.25) is 0 Å². The number of carbonyl (C=O) groups is 1. The lowest BCUT2D eigenvalue weighted by molar-refractivity contribution is 0.0405. The molecule has 1 amide bonds. The molecule has 0 saturated heterocycles. The van der Waals surface area contributed by atoms with E-state index in [9.17, 15) is 15.0 Å². The topological polar surface area (TPSA) is 78.8 Å². The Kier molecular flexibility index (Phi) is 17.6. The molecule has 0 saturated carbocycles. The van der Waals surface area contributed by atoms with E-state index in [2.05, 4.69) is 17.9 Å². The number of aliphatic hydroxyl groups excluding tert-OH is 2. The summed E-state index contributed by atoms with van der Waals surface area (Å²) in [6.07, 6.45) is 17.1. The van der Waals surface area contributed by atoms with Crippen LogP contribution in [-0.4, -0.2) is 46.4 Å². The second kappa shape index (κ2) is 18.1. The summed E-state index contributed by atoms with van der Waals surface area (Å²) >= 11 is 4.23. The zero-order valence-corrected chi connectivity index (χ0v) is 19.8. The third kappa shape index (κ3) is 19.0. The molecule has 0 rings (SSSR count). The lowest BCUT2D eigenvalue weighted by Gasteiger charge is -2.24. The van der Waals surface area contributed by atoms with Crippen LogP contribution in [0.1, 0.15) is 97.8 Å². The summed E-state index contributed by atoms with van der Waals surface area (Å²) in [6.45, 7) is 4.95. The molecule has 2 atom stereocenters. The van der Waals surface area contributed by atoms with Gasteiger partial charge in [-0.2, -0.15) is 12.6 Å². The van der Waals surface area contributed by atoms with Crippen molar-refractivity contribution in [2.75, 3.05) is 12.4 Å². The summed E-state index contributed by atoms with van der Waals surface area (Å²) in [5.74, 6) is 1.01. The van der Waals surface area contributed by atoms with E-state index in [0.29, 0.717) is 0 Å². The molecule has 0 radical (unpaired) electrons. The van der Waals surface area contributed by atoms with Crippen LogP contribution in [0.15, 0.2) is 12.2 Å². The maximum absolute atomic E-state index is 11.8. The number of hydrogen-bond donors (Lipinski definition) is 4. The molecule has 0 bridgehead atoms. The molecule has 29 heavy (non-hydrogen) atoms. The van der Waals surface area contributed by atoms with Crippen LogP contribution in [0, 0.1) is 0 Å². The van der Waals surface area contributed by atoms with Gasteiger partial charge in [0.1, 0.15) is 5.60 Å². The van der Waals surface area contributed by atoms with Crippen LogP contribution in [0.25, 0.3) is 0 Å². The van der Waals surface area contributed by atoms with Crippen molar-refractivity contribution in [1.82, 2.24) is 5.32 Å². The number of nitrogens with one attached hydrogen (secondary N) is 1. The Hall–Kier alpha value is -0.720. The highest BCUT2D eigenvalue weighted by molar-refractivity contribution is 7.80. The number of hydrogen-bond acceptors (Lipinski definition) is 5. The Morgan fingerprint density at radius 2 is 1.45 bits per heavy atom. The molecule has 0 aliphatic carbocycles. The van der Waals surface area contributed by atoms with Crippen LogP contribution < -0.4 is 5.32 Å². The van der Waals surface area contributed by atoms with Crippen molar-refractivity contribution in [3.05, 3.63) is 12.2 Å². The molecule has 0 spiro atoms. The van der Waals surface area contributed by atoms with Crippen LogP contribution in [-0.2, 0) is 4.74 Å². The van der Waals surface area contributed by atoms with Gasteiger partial charge in [0.15, 0.2) is 0 Å². The molecule has 0 aromatic heterocycles. The third-order valence-corrected chi connectivity index (χ3v) is 4.99. The maximum atomic E-state index is 11.8. The second-order valence-electron chi connectivity index (χ2n) is 8.76. The first-order chi connectivity index (χ1) is 13.8. The van der Waals surface area contributed by atoms with Crippen molar-refractivity contribution in [2.24, 2.45) is 0 Å². The zero-order chi connectivity index (χ0) is 22.0. The fraction of sp³-hybridized carbons (Fsp3) is 0.870. The van der Waals surface area contributed by atoms with E-state index in [1.54, 1.807) is 26.8 Å². The van der Waals surface area contributed by atoms with Crippen molar-refractivity contribution in [3.8, 4) is 0 Å². The van der Waals surface area contributed by atoms with Crippen molar-refractivity contribution >= 4 is 18.7 Å². The SMILES string of the molecule is CC(C)(C)OC(=O)N[C@@H](CO)[C@H](O)/C=C/CCCCCCCCCCCCCS. The molecule has 0 aromatic carbocycles. The number of rotatable bonds is 17. The molecule has 0 unspecified atom stereocenters. The van der Waals surface area contributed by atoms with Gasteiger partial charge in [-0.05, 0) is 45.8 Å². The highest BCUT2D eigenvalue weighted by Gasteiger charge is 2.22. The average Bonchev–Trinajstić information content (AvgIpc) is 2.64. The minimum Gasteiger partial charge on any atom is -0.444 e. The van der Waals surface area contributed by atoms with Gasteiger partial charge in [0, 0.05) is 0 Å². The molecular formula is C23H45NO4S. The number of allylic oxidation sites excluding steroid dienone is 1. The highest BCUT2D eigenvalue weighted by atomic mass is 32.1. The number of unbranched alkanes of at least 4 members (excludes halogenated alkanes) is 11. The molecule has 172 valence electrons. The Labute approximate surface area is 184 Å². The second-order valence-corrected chi connectivity index (χ2v) is 9.20. The normalized spacial score (nSPS) is 14.1. The largest absolute Gasteiger partial charge is 0.444 e. The van der Waals surface area contributed by atoms with Crippen LogP contribution >= 0.6 is 12.6 Å². The van der Waals surface area contributed by atoms with Crippen molar-refractivity contribution in [1.29, 1.82) is 0 Å².